The molecule has 0 atom stereocenters. The van der Waals surface area contributed by atoms with Crippen LogP contribution in [0.3, 0.4) is 0 Å². The number of nitrogens with zero attached hydrogens (tertiary/aromatic N) is 6. The van der Waals surface area contributed by atoms with Crippen molar-refractivity contribution in [2.45, 2.75) is 26.5 Å². The average molecular weight is 469 g/mol. The van der Waals surface area contributed by atoms with Gasteiger partial charge in [-0.2, -0.15) is 9.78 Å². The molecular formula is C20H17BrN6O3. The summed E-state index contributed by atoms with van der Waals surface area (Å²) in [5.41, 5.74) is 1.91. The lowest BCUT2D eigenvalue weighted by atomic mass is 10.1. The predicted molar refractivity (Wildman–Crippen MR) is 110 cm³/mol. The highest BCUT2D eigenvalue weighted by atomic mass is 79.9. The molecule has 0 spiro atoms. The van der Waals surface area contributed by atoms with E-state index in [1.54, 1.807) is 38.1 Å². The van der Waals surface area contributed by atoms with Crippen LogP contribution in [-0.2, 0) is 11.3 Å². The number of ether oxygens (including phenoxy) is 1. The van der Waals surface area contributed by atoms with Crippen LogP contribution >= 0.6 is 15.9 Å². The first-order chi connectivity index (χ1) is 14.5. The number of rotatable bonds is 6. The molecule has 0 radical (unpaired) electrons. The molecule has 9 nitrogen and oxygen atoms in total. The summed E-state index contributed by atoms with van der Waals surface area (Å²) in [7, 11) is 0. The Morgan fingerprint density at radius 2 is 1.90 bits per heavy atom. The van der Waals surface area contributed by atoms with Crippen LogP contribution < -0.4 is 0 Å². The van der Waals surface area contributed by atoms with Crippen LogP contribution in [0, 0.1) is 0 Å². The maximum absolute atomic E-state index is 12.1. The monoisotopic (exact) mass is 468 g/mol. The molecule has 152 valence electrons. The fourth-order valence-electron chi connectivity index (χ4n) is 2.68. The fourth-order valence-corrected chi connectivity index (χ4v) is 3.08. The van der Waals surface area contributed by atoms with Crippen LogP contribution in [0.25, 0.3) is 22.8 Å². The largest absolute Gasteiger partial charge is 0.459 e. The molecule has 2 aromatic heterocycles. The lowest BCUT2D eigenvalue weighted by molar-refractivity contribution is 0.0378. The Labute approximate surface area is 180 Å². The highest BCUT2D eigenvalue weighted by Gasteiger charge is 2.14. The van der Waals surface area contributed by atoms with E-state index in [1.807, 2.05) is 24.3 Å². The van der Waals surface area contributed by atoms with Crippen molar-refractivity contribution in [1.82, 2.24) is 30.3 Å². The molecule has 2 aromatic carbocycles. The van der Waals surface area contributed by atoms with Gasteiger partial charge in [-0.15, -0.1) is 10.2 Å². The summed E-state index contributed by atoms with van der Waals surface area (Å²) in [5, 5.41) is 16.4. The molecule has 0 N–H and O–H groups in total. The fraction of sp³-hybridized carbons (Fsp3) is 0.200. The lowest BCUT2D eigenvalue weighted by Gasteiger charge is -2.08. The Morgan fingerprint density at radius 1 is 1.13 bits per heavy atom. The zero-order chi connectivity index (χ0) is 21.1. The van der Waals surface area contributed by atoms with Crippen molar-refractivity contribution < 1.29 is 14.1 Å². The van der Waals surface area contributed by atoms with E-state index >= 15 is 0 Å². The predicted octanol–water partition coefficient (Wildman–Crippen LogP) is 3.77. The maximum Gasteiger partial charge on any atom is 0.338 e. The lowest BCUT2D eigenvalue weighted by Crippen LogP contribution is -2.11. The van der Waals surface area contributed by atoms with Crippen molar-refractivity contribution in [3.8, 4) is 22.8 Å². The van der Waals surface area contributed by atoms with Gasteiger partial charge in [-0.3, -0.25) is 0 Å². The van der Waals surface area contributed by atoms with E-state index in [9.17, 15) is 4.79 Å². The van der Waals surface area contributed by atoms with Crippen LogP contribution in [-0.4, -0.2) is 42.4 Å². The van der Waals surface area contributed by atoms with E-state index in [0.717, 1.165) is 10.0 Å². The summed E-state index contributed by atoms with van der Waals surface area (Å²) < 4.78 is 11.4. The topological polar surface area (TPSA) is 109 Å². The van der Waals surface area contributed by atoms with Crippen LogP contribution in [0.15, 0.2) is 57.5 Å². The molecule has 0 unspecified atom stereocenters. The zero-order valence-electron chi connectivity index (χ0n) is 16.2. The molecule has 0 aliphatic rings. The van der Waals surface area contributed by atoms with Crippen molar-refractivity contribution >= 4 is 21.9 Å². The second-order valence-corrected chi connectivity index (χ2v) is 7.62. The van der Waals surface area contributed by atoms with Gasteiger partial charge in [-0.25, -0.2) is 4.79 Å². The molecule has 0 fully saturated rings. The van der Waals surface area contributed by atoms with E-state index in [-0.39, 0.29) is 12.6 Å². The highest BCUT2D eigenvalue weighted by molar-refractivity contribution is 9.10. The van der Waals surface area contributed by atoms with Gasteiger partial charge in [0.25, 0.3) is 5.89 Å². The second kappa shape index (κ2) is 8.54. The number of benzene rings is 2. The Hall–Kier alpha value is -3.40. The summed E-state index contributed by atoms with van der Waals surface area (Å²) in [6.07, 6.45) is -0.198. The summed E-state index contributed by atoms with van der Waals surface area (Å²) in [6, 6.07) is 14.5. The minimum Gasteiger partial charge on any atom is -0.459 e. The van der Waals surface area contributed by atoms with Gasteiger partial charge in [0.05, 0.1) is 11.7 Å². The first kappa shape index (κ1) is 19.9. The number of hydrogen-bond donors (Lipinski definition) is 0. The number of carbonyl (C=O) groups excluding carboxylic acids is 1. The third-order valence-corrected chi connectivity index (χ3v) is 4.47. The van der Waals surface area contributed by atoms with Gasteiger partial charge in [-0.05, 0) is 43.3 Å². The van der Waals surface area contributed by atoms with Crippen molar-refractivity contribution in [2.75, 3.05) is 0 Å². The normalized spacial score (nSPS) is 11.1. The number of esters is 1. The molecule has 0 amide bonds. The van der Waals surface area contributed by atoms with Crippen LogP contribution in [0.4, 0.5) is 0 Å². The highest BCUT2D eigenvalue weighted by Crippen LogP contribution is 2.21. The van der Waals surface area contributed by atoms with Crippen LogP contribution in [0.1, 0.15) is 30.1 Å². The van der Waals surface area contributed by atoms with Gasteiger partial charge in [0.1, 0.15) is 6.54 Å². The molecule has 30 heavy (non-hydrogen) atoms. The third-order valence-electron chi connectivity index (χ3n) is 3.98. The molecule has 0 saturated heterocycles. The number of tetrazole rings is 1. The van der Waals surface area contributed by atoms with Crippen LogP contribution in [0.5, 0.6) is 0 Å². The Kier molecular flexibility index (Phi) is 5.66. The minimum atomic E-state index is -0.398. The zero-order valence-corrected chi connectivity index (χ0v) is 17.8. The molecule has 2 heterocycles. The van der Waals surface area contributed by atoms with E-state index in [2.05, 4.69) is 41.5 Å². The molecule has 0 aliphatic heterocycles. The molecule has 10 heteroatoms. The van der Waals surface area contributed by atoms with Crippen molar-refractivity contribution in [3.63, 3.8) is 0 Å². The third kappa shape index (κ3) is 4.60. The molecule has 0 saturated carbocycles. The van der Waals surface area contributed by atoms with Gasteiger partial charge in [0.15, 0.2) is 0 Å². The van der Waals surface area contributed by atoms with E-state index < -0.39 is 5.97 Å². The first-order valence-corrected chi connectivity index (χ1v) is 9.95. The van der Waals surface area contributed by atoms with Crippen LogP contribution in [0.2, 0.25) is 0 Å². The van der Waals surface area contributed by atoms with Gasteiger partial charge in [0, 0.05) is 15.6 Å². The quantitative estimate of drug-likeness (QED) is 0.393. The Morgan fingerprint density at radius 3 is 2.67 bits per heavy atom. The van der Waals surface area contributed by atoms with Gasteiger partial charge >= 0.3 is 5.97 Å². The Bertz CT molecular complexity index is 1190. The van der Waals surface area contributed by atoms with E-state index in [1.165, 1.54) is 4.80 Å². The second-order valence-electron chi connectivity index (χ2n) is 6.70. The summed E-state index contributed by atoms with van der Waals surface area (Å²) in [5.74, 6) is 0.803. The molecular weight excluding hydrogens is 452 g/mol. The average Bonchev–Trinajstić information content (AvgIpc) is 3.38. The number of hydrogen-bond acceptors (Lipinski definition) is 8. The molecule has 0 bridgehead atoms. The van der Waals surface area contributed by atoms with Crippen molar-refractivity contribution in [2.24, 2.45) is 0 Å². The Balaban J connectivity index is 1.50. The SMILES string of the molecule is CC(C)OC(=O)c1cccc(-c2nnn(Cc3nc(-c4cccc(Br)c4)no3)n2)c1. The summed E-state index contributed by atoms with van der Waals surface area (Å²) in [6.45, 7) is 3.77. The van der Waals surface area contributed by atoms with E-state index in [0.29, 0.717) is 28.7 Å². The van der Waals surface area contributed by atoms with E-state index in [4.69, 9.17) is 9.26 Å². The van der Waals surface area contributed by atoms with Gasteiger partial charge < -0.3 is 9.26 Å². The number of carbonyl (C=O) groups is 1. The maximum atomic E-state index is 12.1. The molecule has 4 aromatic rings. The molecule has 4 rings (SSSR count). The minimum absolute atomic E-state index is 0.170. The number of aromatic nitrogens is 6. The van der Waals surface area contributed by atoms with Crippen molar-refractivity contribution in [3.05, 3.63) is 64.5 Å². The number of halogens is 1. The standard InChI is InChI=1S/C20H17BrN6O3/c1-12(2)29-20(28)15-7-3-5-13(9-15)19-23-26-27(24-19)11-17-22-18(25-30-17)14-6-4-8-16(21)10-14/h3-10,12H,11H2,1-2H3. The summed E-state index contributed by atoms with van der Waals surface area (Å²) >= 11 is 3.42. The first-order valence-electron chi connectivity index (χ1n) is 9.15. The smallest absolute Gasteiger partial charge is 0.338 e. The van der Waals surface area contributed by atoms with Crippen molar-refractivity contribution in [1.29, 1.82) is 0 Å². The van der Waals surface area contributed by atoms with Gasteiger partial charge in [-0.1, -0.05) is 45.4 Å². The summed E-state index contributed by atoms with van der Waals surface area (Å²) in [4.78, 5) is 17.8. The molecule has 0 aliphatic carbocycles. The van der Waals surface area contributed by atoms with Gasteiger partial charge in [0.2, 0.25) is 11.6 Å².